The molecule has 1 unspecified atom stereocenters. The summed E-state index contributed by atoms with van der Waals surface area (Å²) in [4.78, 5) is 10.4. The van der Waals surface area contributed by atoms with Crippen LogP contribution in [0.25, 0.3) is 0 Å². The summed E-state index contributed by atoms with van der Waals surface area (Å²) in [6, 6.07) is 0. The van der Waals surface area contributed by atoms with Crippen LogP contribution in [0.5, 0.6) is 0 Å². The number of carboxylic acids is 1. The number of aliphatic hydroxyl groups excluding tert-OH is 2. The first-order chi connectivity index (χ1) is 12.0. The third-order valence-electron chi connectivity index (χ3n) is 4.94. The van der Waals surface area contributed by atoms with E-state index in [9.17, 15) is 19.4 Å². The van der Waals surface area contributed by atoms with Gasteiger partial charge in [-0.25, -0.2) is 4.39 Å². The minimum atomic E-state index is -1.23. The first kappa shape index (κ1) is 21.8. The van der Waals surface area contributed by atoms with Crippen molar-refractivity contribution in [3.63, 3.8) is 0 Å². The van der Waals surface area contributed by atoms with E-state index in [0.717, 1.165) is 32.1 Å². The molecular formula is C20H33FO4. The van der Waals surface area contributed by atoms with Gasteiger partial charge in [0.2, 0.25) is 0 Å². The molecule has 0 aromatic carbocycles. The quantitative estimate of drug-likeness (QED) is 0.364. The Labute approximate surface area is 150 Å². The van der Waals surface area contributed by atoms with Crippen LogP contribution in [-0.2, 0) is 4.79 Å². The number of carboxylic acid groups (broad SMARTS) is 1. The first-order valence-corrected chi connectivity index (χ1v) is 9.51. The summed E-state index contributed by atoms with van der Waals surface area (Å²) < 4.78 is 13.8. The molecule has 3 N–H and O–H groups in total. The van der Waals surface area contributed by atoms with Crippen LogP contribution in [0.15, 0.2) is 24.3 Å². The van der Waals surface area contributed by atoms with Gasteiger partial charge in [0.1, 0.15) is 12.3 Å². The van der Waals surface area contributed by atoms with Gasteiger partial charge in [0, 0.05) is 6.42 Å². The molecule has 4 nitrogen and oxygen atoms in total. The van der Waals surface area contributed by atoms with Gasteiger partial charge in [-0.2, -0.15) is 0 Å². The molecule has 1 aliphatic rings. The number of carbonyl (C=O) groups is 1. The molecule has 0 saturated heterocycles. The third-order valence-corrected chi connectivity index (χ3v) is 4.94. The zero-order chi connectivity index (χ0) is 18.7. The van der Waals surface area contributed by atoms with Crippen molar-refractivity contribution in [3.05, 3.63) is 24.3 Å². The Hall–Kier alpha value is -1.20. The zero-order valence-electron chi connectivity index (χ0n) is 15.2. The van der Waals surface area contributed by atoms with Crippen LogP contribution in [0.3, 0.4) is 0 Å². The fourth-order valence-electron chi connectivity index (χ4n) is 3.34. The van der Waals surface area contributed by atoms with Crippen LogP contribution in [0, 0.1) is 11.8 Å². The molecule has 25 heavy (non-hydrogen) atoms. The topological polar surface area (TPSA) is 77.8 Å². The molecule has 1 fully saturated rings. The Balaban J connectivity index is 2.43. The standard InChI is InChI=1S/C20H33FO4/c1-2-3-9-17(21)19(23)14-12-15-11-13-18(22)16(15)8-6-4-5-7-10-20(24)25/h4,6,12,14-19,22-23H,2-3,5,7-11,13H2,1H3,(H,24,25)/b6-4-,14-12+/t15-,16-,17?,18+,19-/m1/s1. The first-order valence-electron chi connectivity index (χ1n) is 9.51. The molecule has 1 aliphatic carbocycles. The maximum atomic E-state index is 13.8. The number of alkyl halides is 1. The van der Waals surface area contributed by atoms with Crippen molar-refractivity contribution >= 4 is 5.97 Å². The molecule has 0 aromatic rings. The van der Waals surface area contributed by atoms with Gasteiger partial charge in [-0.3, -0.25) is 4.79 Å². The Bertz CT molecular complexity index is 435. The second kappa shape index (κ2) is 12.2. The molecule has 5 atom stereocenters. The van der Waals surface area contributed by atoms with Crippen molar-refractivity contribution in [3.8, 4) is 0 Å². The van der Waals surface area contributed by atoms with E-state index in [1.165, 1.54) is 0 Å². The lowest BCUT2D eigenvalue weighted by Crippen LogP contribution is -2.21. The van der Waals surface area contributed by atoms with Crippen molar-refractivity contribution in [2.45, 2.75) is 83.1 Å². The number of aliphatic carboxylic acids is 1. The molecule has 0 amide bonds. The van der Waals surface area contributed by atoms with Crippen molar-refractivity contribution in [1.82, 2.24) is 0 Å². The number of rotatable bonds is 12. The molecule has 0 heterocycles. The van der Waals surface area contributed by atoms with Gasteiger partial charge in [-0.15, -0.1) is 0 Å². The van der Waals surface area contributed by atoms with Gasteiger partial charge in [-0.1, -0.05) is 44.1 Å². The highest BCUT2D eigenvalue weighted by Crippen LogP contribution is 2.36. The molecule has 144 valence electrons. The minimum Gasteiger partial charge on any atom is -0.481 e. The molecule has 0 radical (unpaired) electrons. The lowest BCUT2D eigenvalue weighted by molar-refractivity contribution is -0.137. The fourth-order valence-corrected chi connectivity index (χ4v) is 3.34. The number of hydrogen-bond donors (Lipinski definition) is 3. The Morgan fingerprint density at radius 2 is 2.04 bits per heavy atom. The predicted octanol–water partition coefficient (Wildman–Crippen LogP) is 4.02. The molecule has 5 heteroatoms. The molecule has 1 rings (SSSR count). The number of hydrogen-bond acceptors (Lipinski definition) is 3. The highest BCUT2D eigenvalue weighted by Gasteiger charge is 2.32. The average Bonchev–Trinajstić information content (AvgIpc) is 2.93. The van der Waals surface area contributed by atoms with Crippen molar-refractivity contribution in [2.75, 3.05) is 0 Å². The van der Waals surface area contributed by atoms with E-state index < -0.39 is 18.2 Å². The van der Waals surface area contributed by atoms with E-state index in [0.29, 0.717) is 19.3 Å². The lowest BCUT2D eigenvalue weighted by Gasteiger charge is -2.19. The largest absolute Gasteiger partial charge is 0.481 e. The van der Waals surface area contributed by atoms with Crippen LogP contribution >= 0.6 is 0 Å². The van der Waals surface area contributed by atoms with Gasteiger partial charge in [0.25, 0.3) is 0 Å². The minimum absolute atomic E-state index is 0.0767. The normalized spacial score (nSPS) is 26.5. The van der Waals surface area contributed by atoms with Crippen molar-refractivity contribution < 1.29 is 24.5 Å². The molecular weight excluding hydrogens is 323 g/mol. The maximum Gasteiger partial charge on any atom is 0.303 e. The molecule has 0 spiro atoms. The molecule has 0 bridgehead atoms. The SMILES string of the molecule is CCCCC(F)[C@H](O)/C=C/[C@H]1CC[C@H](O)[C@@H]1C/C=C\CCCC(=O)O. The Kier molecular flexibility index (Phi) is 10.7. The predicted molar refractivity (Wildman–Crippen MR) is 97.0 cm³/mol. The van der Waals surface area contributed by atoms with Crippen LogP contribution in [0.1, 0.15) is 64.7 Å². The van der Waals surface area contributed by atoms with E-state index in [1.807, 2.05) is 25.2 Å². The van der Waals surface area contributed by atoms with E-state index in [-0.39, 0.29) is 24.4 Å². The van der Waals surface area contributed by atoms with Gasteiger partial charge in [0.15, 0.2) is 0 Å². The summed E-state index contributed by atoms with van der Waals surface area (Å²) in [6.07, 6.45) is 10.5. The second-order valence-electron chi connectivity index (χ2n) is 7.00. The smallest absolute Gasteiger partial charge is 0.303 e. The van der Waals surface area contributed by atoms with Gasteiger partial charge >= 0.3 is 5.97 Å². The van der Waals surface area contributed by atoms with E-state index in [4.69, 9.17) is 5.11 Å². The highest BCUT2D eigenvalue weighted by atomic mass is 19.1. The number of aliphatic hydroxyl groups is 2. The van der Waals surface area contributed by atoms with E-state index in [2.05, 4.69) is 0 Å². The number of unbranched alkanes of at least 4 members (excludes halogenated alkanes) is 2. The van der Waals surface area contributed by atoms with Gasteiger partial charge in [0.05, 0.1) is 6.10 Å². The summed E-state index contributed by atoms with van der Waals surface area (Å²) >= 11 is 0. The lowest BCUT2D eigenvalue weighted by atomic mass is 9.90. The van der Waals surface area contributed by atoms with Crippen molar-refractivity contribution in [2.24, 2.45) is 11.8 Å². The summed E-state index contributed by atoms with van der Waals surface area (Å²) in [5.74, 6) is -0.562. The van der Waals surface area contributed by atoms with Gasteiger partial charge < -0.3 is 15.3 Å². The van der Waals surface area contributed by atoms with Crippen LogP contribution in [0.4, 0.5) is 4.39 Å². The van der Waals surface area contributed by atoms with Crippen LogP contribution in [-0.4, -0.2) is 39.7 Å². The molecule has 1 saturated carbocycles. The summed E-state index contributed by atoms with van der Waals surface area (Å²) in [5.41, 5.74) is 0. The molecule has 0 aromatic heterocycles. The molecule has 0 aliphatic heterocycles. The number of halogens is 1. The summed E-state index contributed by atoms with van der Waals surface area (Å²) in [6.45, 7) is 1.99. The fraction of sp³-hybridized carbons (Fsp3) is 0.750. The zero-order valence-corrected chi connectivity index (χ0v) is 15.2. The van der Waals surface area contributed by atoms with Gasteiger partial charge in [-0.05, 0) is 50.4 Å². The summed E-state index contributed by atoms with van der Waals surface area (Å²) in [5, 5.41) is 28.6. The van der Waals surface area contributed by atoms with E-state index >= 15 is 0 Å². The monoisotopic (exact) mass is 356 g/mol. The summed E-state index contributed by atoms with van der Waals surface area (Å²) in [7, 11) is 0. The third kappa shape index (κ3) is 8.63. The van der Waals surface area contributed by atoms with Crippen LogP contribution < -0.4 is 0 Å². The van der Waals surface area contributed by atoms with Crippen LogP contribution in [0.2, 0.25) is 0 Å². The second-order valence-corrected chi connectivity index (χ2v) is 7.00. The number of allylic oxidation sites excluding steroid dienone is 3. The van der Waals surface area contributed by atoms with E-state index in [1.54, 1.807) is 6.08 Å². The highest BCUT2D eigenvalue weighted by molar-refractivity contribution is 5.66. The Morgan fingerprint density at radius 3 is 2.72 bits per heavy atom. The maximum absolute atomic E-state index is 13.8. The average molecular weight is 356 g/mol. The Morgan fingerprint density at radius 1 is 1.28 bits per heavy atom. The van der Waals surface area contributed by atoms with Crippen molar-refractivity contribution in [1.29, 1.82) is 0 Å².